The van der Waals surface area contributed by atoms with E-state index < -0.39 is 5.97 Å². The molecule has 3 aromatic carbocycles. The van der Waals surface area contributed by atoms with Gasteiger partial charge < -0.3 is 18.9 Å². The number of ether oxygens (including phenoxy) is 2. The molecule has 0 N–H and O–H groups in total. The van der Waals surface area contributed by atoms with Gasteiger partial charge in [0.2, 0.25) is 6.61 Å². The molecule has 0 radical (unpaired) electrons. The molecule has 0 atom stereocenters. The Morgan fingerprint density at radius 2 is 1.87 bits per heavy atom. The topological polar surface area (TPSA) is 74.9 Å². The summed E-state index contributed by atoms with van der Waals surface area (Å²) in [4.78, 5) is 22.2. The Bertz CT molecular complexity index is 1630. The summed E-state index contributed by atoms with van der Waals surface area (Å²) < 4.78 is 14.0. The Balaban J connectivity index is 1.45. The third-order valence-corrected chi connectivity index (χ3v) is 6.36. The van der Waals surface area contributed by atoms with E-state index in [1.807, 2.05) is 85.8 Å². The maximum atomic E-state index is 12.5. The second-order valence-corrected chi connectivity index (χ2v) is 9.14. The van der Waals surface area contributed by atoms with Gasteiger partial charge in [-0.1, -0.05) is 53.2 Å². The number of nitrogens with zero attached hydrogens (tertiary/aromatic N) is 3. The summed E-state index contributed by atoms with van der Waals surface area (Å²) in [6.07, 6.45) is 1.46. The fourth-order valence-corrected chi connectivity index (χ4v) is 4.40. The molecule has 0 saturated carbocycles. The molecule has 0 fully saturated rings. The lowest BCUT2D eigenvalue weighted by atomic mass is 10.2. The van der Waals surface area contributed by atoms with Crippen molar-refractivity contribution in [1.82, 2.24) is 9.55 Å². The van der Waals surface area contributed by atoms with E-state index in [0.717, 1.165) is 38.8 Å². The minimum absolute atomic E-state index is 0.294. The van der Waals surface area contributed by atoms with Crippen LogP contribution in [-0.4, -0.2) is 28.3 Å². The minimum atomic E-state index is -0.545. The van der Waals surface area contributed by atoms with Crippen LogP contribution in [0.15, 0.2) is 84.0 Å². The summed E-state index contributed by atoms with van der Waals surface area (Å²) >= 11 is 6.07. The van der Waals surface area contributed by atoms with Crippen LogP contribution in [0, 0.1) is 6.92 Å². The largest absolute Gasteiger partial charge is 0.487 e. The average Bonchev–Trinajstić information content (AvgIpc) is 3.18. The molecule has 0 unspecified atom stereocenters. The van der Waals surface area contributed by atoms with Crippen molar-refractivity contribution in [3.05, 3.63) is 101 Å². The highest BCUT2D eigenvalue weighted by Gasteiger charge is 2.20. The second kappa shape index (κ2) is 11.4. The van der Waals surface area contributed by atoms with E-state index in [1.54, 1.807) is 6.92 Å². The number of fused-ring (bicyclic) bond motifs is 2. The molecule has 2 heterocycles. The summed E-state index contributed by atoms with van der Waals surface area (Å²) in [6.45, 7) is 4.21. The van der Waals surface area contributed by atoms with Crippen LogP contribution in [0.25, 0.3) is 21.8 Å². The normalized spacial score (nSPS) is 11.3. The molecular weight excluding hydrogens is 502 g/mol. The number of hydrogen-bond acceptors (Lipinski definition) is 6. The Morgan fingerprint density at radius 1 is 1.05 bits per heavy atom. The molecule has 38 heavy (non-hydrogen) atoms. The molecular formula is C30H26ClN3O4. The van der Waals surface area contributed by atoms with Crippen LogP contribution in [0.2, 0.25) is 5.02 Å². The molecule has 0 aliphatic heterocycles. The average molecular weight is 528 g/mol. The van der Waals surface area contributed by atoms with Crippen molar-refractivity contribution >= 4 is 45.6 Å². The third-order valence-electron chi connectivity index (χ3n) is 6.11. The lowest BCUT2D eigenvalue weighted by molar-refractivity contribution is -0.139. The molecule has 192 valence electrons. The minimum Gasteiger partial charge on any atom is -0.487 e. The lowest BCUT2D eigenvalue weighted by Crippen LogP contribution is -2.14. The van der Waals surface area contributed by atoms with Gasteiger partial charge in [0.15, 0.2) is 5.75 Å². The van der Waals surface area contributed by atoms with Crippen molar-refractivity contribution in [2.45, 2.75) is 27.0 Å². The zero-order valence-electron chi connectivity index (χ0n) is 21.1. The van der Waals surface area contributed by atoms with Gasteiger partial charge >= 0.3 is 5.97 Å². The third kappa shape index (κ3) is 5.63. The maximum absolute atomic E-state index is 12.5. The highest BCUT2D eigenvalue weighted by Crippen LogP contribution is 2.36. The SMILES string of the molecule is CC=NOCC(=O)Oc1c(C)n(Cc2ccc(Cl)cc2)c2ccc(OCc3ccc4ccccc4n3)cc12. The number of oxime groups is 1. The van der Waals surface area contributed by atoms with Crippen LogP contribution < -0.4 is 9.47 Å². The maximum Gasteiger partial charge on any atom is 0.352 e. The zero-order valence-corrected chi connectivity index (χ0v) is 21.8. The van der Waals surface area contributed by atoms with E-state index in [-0.39, 0.29) is 6.61 Å². The summed E-state index contributed by atoms with van der Waals surface area (Å²) in [6, 6.07) is 25.4. The first-order chi connectivity index (χ1) is 18.5. The predicted molar refractivity (Wildman–Crippen MR) is 149 cm³/mol. The van der Waals surface area contributed by atoms with Crippen molar-refractivity contribution < 1.29 is 19.1 Å². The summed E-state index contributed by atoms with van der Waals surface area (Å²) in [5, 5.41) is 6.14. The van der Waals surface area contributed by atoms with Gasteiger partial charge in [-0.3, -0.25) is 0 Å². The van der Waals surface area contributed by atoms with Gasteiger partial charge in [0.05, 0.1) is 22.4 Å². The number of pyridine rings is 1. The fourth-order valence-electron chi connectivity index (χ4n) is 4.28. The summed E-state index contributed by atoms with van der Waals surface area (Å²) in [5.41, 5.74) is 4.51. The van der Waals surface area contributed by atoms with E-state index in [9.17, 15) is 4.79 Å². The van der Waals surface area contributed by atoms with Crippen LogP contribution in [0.3, 0.4) is 0 Å². The van der Waals surface area contributed by atoms with Gasteiger partial charge in [0.25, 0.3) is 0 Å². The lowest BCUT2D eigenvalue weighted by Gasteiger charge is -2.10. The highest BCUT2D eigenvalue weighted by atomic mass is 35.5. The molecule has 0 spiro atoms. The van der Waals surface area contributed by atoms with Gasteiger partial charge in [-0.15, -0.1) is 0 Å². The molecule has 0 aliphatic rings. The van der Waals surface area contributed by atoms with E-state index in [4.69, 9.17) is 25.9 Å². The number of para-hydroxylation sites is 1. The number of esters is 1. The van der Waals surface area contributed by atoms with E-state index in [1.165, 1.54) is 6.21 Å². The number of hydrogen-bond donors (Lipinski definition) is 0. The van der Waals surface area contributed by atoms with Crippen LogP contribution in [0.4, 0.5) is 0 Å². The van der Waals surface area contributed by atoms with Gasteiger partial charge in [0, 0.05) is 28.6 Å². The number of rotatable bonds is 9. The van der Waals surface area contributed by atoms with Gasteiger partial charge in [-0.05, 0) is 61.9 Å². The van der Waals surface area contributed by atoms with Crippen LogP contribution >= 0.6 is 11.6 Å². The monoisotopic (exact) mass is 527 g/mol. The molecule has 8 heteroatoms. The van der Waals surface area contributed by atoms with E-state index in [2.05, 4.69) is 14.7 Å². The van der Waals surface area contributed by atoms with Crippen molar-refractivity contribution in [3.63, 3.8) is 0 Å². The van der Waals surface area contributed by atoms with Gasteiger partial charge in [-0.2, -0.15) is 0 Å². The molecule has 7 nitrogen and oxygen atoms in total. The molecule has 0 bridgehead atoms. The molecule has 2 aromatic heterocycles. The summed E-state index contributed by atoms with van der Waals surface area (Å²) in [7, 11) is 0. The fraction of sp³-hybridized carbons (Fsp3) is 0.167. The Morgan fingerprint density at radius 3 is 2.68 bits per heavy atom. The standard InChI is InChI=1S/C30H26ClN3O4/c1-3-32-37-19-29(35)38-30-20(2)34(17-21-8-11-23(31)12-9-21)28-15-14-25(16-26(28)30)36-18-24-13-10-22-6-4-5-7-27(22)33-24/h3-16H,17-19H2,1-2H3. The first-order valence-corrected chi connectivity index (χ1v) is 12.5. The number of carbonyl (C=O) groups excluding carboxylic acids is 1. The zero-order chi connectivity index (χ0) is 26.5. The molecule has 0 amide bonds. The van der Waals surface area contributed by atoms with Crippen LogP contribution in [-0.2, 0) is 22.8 Å². The smallest absolute Gasteiger partial charge is 0.352 e. The molecule has 0 saturated heterocycles. The first-order valence-electron chi connectivity index (χ1n) is 12.2. The van der Waals surface area contributed by atoms with Crippen molar-refractivity contribution in [2.24, 2.45) is 5.16 Å². The molecule has 5 rings (SSSR count). The van der Waals surface area contributed by atoms with E-state index in [0.29, 0.717) is 29.7 Å². The van der Waals surface area contributed by atoms with Crippen LogP contribution in [0.1, 0.15) is 23.9 Å². The molecule has 0 aliphatic carbocycles. The predicted octanol–water partition coefficient (Wildman–Crippen LogP) is 6.71. The Labute approximate surface area is 225 Å². The number of benzene rings is 3. The van der Waals surface area contributed by atoms with Crippen LogP contribution in [0.5, 0.6) is 11.5 Å². The number of carbonyl (C=O) groups is 1. The Kier molecular flexibility index (Phi) is 7.56. The van der Waals surface area contributed by atoms with Crippen molar-refractivity contribution in [2.75, 3.05) is 6.61 Å². The van der Waals surface area contributed by atoms with Gasteiger partial charge in [-0.25, -0.2) is 9.78 Å². The molecule has 5 aromatic rings. The van der Waals surface area contributed by atoms with E-state index >= 15 is 0 Å². The van der Waals surface area contributed by atoms with Crippen molar-refractivity contribution in [3.8, 4) is 11.5 Å². The first kappa shape index (κ1) is 25.3. The second-order valence-electron chi connectivity index (χ2n) is 8.70. The quantitative estimate of drug-likeness (QED) is 0.121. The number of halogens is 1. The number of aromatic nitrogens is 2. The Hall–Kier alpha value is -4.36. The van der Waals surface area contributed by atoms with Gasteiger partial charge in [0.1, 0.15) is 12.4 Å². The van der Waals surface area contributed by atoms with Crippen molar-refractivity contribution in [1.29, 1.82) is 0 Å². The summed E-state index contributed by atoms with van der Waals surface area (Å²) in [5.74, 6) is 0.550. The highest BCUT2D eigenvalue weighted by molar-refractivity contribution is 6.30.